The molecule has 208 valence electrons. The monoisotopic (exact) mass is 520 g/mol. The Hall–Kier alpha value is -2.20. The van der Waals surface area contributed by atoms with Gasteiger partial charge in [-0.2, -0.15) is 0 Å². The first kappa shape index (κ1) is 29.4. The molecular weight excluding hydrogens is 476 g/mol. The van der Waals surface area contributed by atoms with E-state index in [1.54, 1.807) is 14.0 Å². The van der Waals surface area contributed by atoms with Gasteiger partial charge in [0, 0.05) is 26.2 Å². The number of carbonyl (C=O) groups excluding carboxylic acids is 2. The van der Waals surface area contributed by atoms with E-state index in [2.05, 4.69) is 49.6 Å². The van der Waals surface area contributed by atoms with Crippen molar-refractivity contribution in [1.82, 2.24) is 10.6 Å². The molecule has 2 heterocycles. The zero-order chi connectivity index (χ0) is 26.9. The minimum Gasteiger partial charge on any atom is -0.442 e. The second-order valence-electron chi connectivity index (χ2n) is 11.0. The summed E-state index contributed by atoms with van der Waals surface area (Å²) in [6, 6.07) is -0.242. The number of hydrogen-bond acceptors (Lipinski definition) is 7. The highest BCUT2D eigenvalue weighted by molar-refractivity contribution is 5.87. The van der Waals surface area contributed by atoms with Crippen LogP contribution < -0.4 is 10.6 Å². The highest BCUT2D eigenvalue weighted by atomic mass is 16.7. The fourth-order valence-corrected chi connectivity index (χ4v) is 4.91. The van der Waals surface area contributed by atoms with Crippen LogP contribution in [0.2, 0.25) is 0 Å². The molecule has 37 heavy (non-hydrogen) atoms. The molecule has 2 N–H and O–H groups in total. The lowest BCUT2D eigenvalue weighted by Gasteiger charge is -2.40. The molecule has 9 nitrogen and oxygen atoms in total. The summed E-state index contributed by atoms with van der Waals surface area (Å²) in [6.45, 7) is 9.63. The van der Waals surface area contributed by atoms with Crippen LogP contribution in [0.4, 0.5) is 4.79 Å². The molecule has 3 fully saturated rings. The van der Waals surface area contributed by atoms with E-state index in [1.165, 1.54) is 25.0 Å². The number of hydrogen-bond donors (Lipinski definition) is 2. The topological polar surface area (TPSA) is 104 Å². The molecule has 2 aliphatic heterocycles. The van der Waals surface area contributed by atoms with E-state index in [0.717, 1.165) is 18.4 Å². The smallest absolute Gasteiger partial charge is 0.407 e. The lowest BCUT2D eigenvalue weighted by molar-refractivity contribution is -0.187. The van der Waals surface area contributed by atoms with Crippen molar-refractivity contribution in [1.29, 1.82) is 0 Å². The molecule has 1 aliphatic carbocycles. The molecule has 0 radical (unpaired) electrons. The maximum absolute atomic E-state index is 12.2. The summed E-state index contributed by atoms with van der Waals surface area (Å²) in [6.07, 6.45) is 13.6. The molecule has 2 saturated heterocycles. The van der Waals surface area contributed by atoms with Crippen LogP contribution in [-0.2, 0) is 28.5 Å². The summed E-state index contributed by atoms with van der Waals surface area (Å²) in [7, 11) is 1.55. The Labute approximate surface area is 220 Å². The summed E-state index contributed by atoms with van der Waals surface area (Å²) in [4.78, 5) is 23.8. The van der Waals surface area contributed by atoms with E-state index in [9.17, 15) is 9.59 Å². The van der Waals surface area contributed by atoms with E-state index in [1.807, 2.05) is 0 Å². The van der Waals surface area contributed by atoms with Crippen molar-refractivity contribution in [3.8, 4) is 0 Å². The first-order chi connectivity index (χ1) is 17.6. The number of methoxy groups -OCH3 is 1. The van der Waals surface area contributed by atoms with Gasteiger partial charge in [0.15, 0.2) is 6.29 Å². The number of nitrogens with one attached hydrogen (secondary N) is 2. The Bertz CT molecular complexity index is 849. The molecule has 9 heteroatoms. The fraction of sp³-hybridized carbons (Fsp3) is 0.714. The van der Waals surface area contributed by atoms with Crippen LogP contribution >= 0.6 is 0 Å². The molecule has 0 aromatic heterocycles. The van der Waals surface area contributed by atoms with Crippen LogP contribution in [0.5, 0.6) is 0 Å². The molecule has 2 amide bonds. The summed E-state index contributed by atoms with van der Waals surface area (Å²) in [5.41, 5.74) is 1.60. The van der Waals surface area contributed by atoms with E-state index in [0.29, 0.717) is 38.2 Å². The molecule has 3 rings (SSSR count). The molecule has 1 saturated carbocycles. The minimum absolute atomic E-state index is 0.0560. The predicted octanol–water partition coefficient (Wildman–Crippen LogP) is 3.79. The van der Waals surface area contributed by atoms with Gasteiger partial charge in [-0.1, -0.05) is 23.8 Å². The zero-order valence-electron chi connectivity index (χ0n) is 22.9. The lowest BCUT2D eigenvalue weighted by Crippen LogP contribution is -2.46. The largest absolute Gasteiger partial charge is 0.442 e. The summed E-state index contributed by atoms with van der Waals surface area (Å²) < 4.78 is 27.8. The Balaban J connectivity index is 1.32. The maximum atomic E-state index is 12.2. The van der Waals surface area contributed by atoms with Gasteiger partial charge in [0.2, 0.25) is 5.91 Å². The first-order valence-corrected chi connectivity index (χ1v) is 13.3. The summed E-state index contributed by atoms with van der Waals surface area (Å²) in [5, 5.41) is 5.39. The third-order valence-electron chi connectivity index (χ3n) is 6.77. The van der Waals surface area contributed by atoms with Gasteiger partial charge in [-0.25, -0.2) is 4.79 Å². The normalized spacial score (nSPS) is 27.8. The van der Waals surface area contributed by atoms with Gasteiger partial charge >= 0.3 is 6.09 Å². The quantitative estimate of drug-likeness (QED) is 0.243. The Morgan fingerprint density at radius 1 is 1.16 bits per heavy atom. The first-order valence-electron chi connectivity index (χ1n) is 13.3. The second-order valence-corrected chi connectivity index (χ2v) is 11.0. The van der Waals surface area contributed by atoms with Crippen LogP contribution in [0, 0.1) is 5.41 Å². The molecule has 1 spiro atoms. The van der Waals surface area contributed by atoms with Crippen molar-refractivity contribution in [2.24, 2.45) is 5.41 Å². The number of amides is 2. The van der Waals surface area contributed by atoms with Gasteiger partial charge < -0.3 is 34.3 Å². The predicted molar refractivity (Wildman–Crippen MR) is 140 cm³/mol. The number of ether oxygens (including phenoxy) is 5. The zero-order valence-corrected chi connectivity index (χ0v) is 22.9. The van der Waals surface area contributed by atoms with Crippen LogP contribution in [0.15, 0.2) is 36.0 Å². The molecule has 0 aromatic rings. The van der Waals surface area contributed by atoms with Crippen LogP contribution in [0.1, 0.15) is 59.8 Å². The Morgan fingerprint density at radius 2 is 1.89 bits per heavy atom. The van der Waals surface area contributed by atoms with Crippen molar-refractivity contribution >= 4 is 12.0 Å². The molecule has 0 bridgehead atoms. The van der Waals surface area contributed by atoms with Gasteiger partial charge in [-0.05, 0) is 64.9 Å². The number of allylic oxidation sites excluding steroid dienone is 2. The van der Waals surface area contributed by atoms with Gasteiger partial charge in [-0.15, -0.1) is 0 Å². The summed E-state index contributed by atoms with van der Waals surface area (Å²) >= 11 is 0. The van der Waals surface area contributed by atoms with E-state index in [-0.39, 0.29) is 29.9 Å². The van der Waals surface area contributed by atoms with Crippen molar-refractivity contribution < 1.29 is 33.3 Å². The van der Waals surface area contributed by atoms with E-state index in [4.69, 9.17) is 23.7 Å². The maximum Gasteiger partial charge on any atom is 0.407 e. The summed E-state index contributed by atoms with van der Waals surface area (Å²) in [5.74, 6) is -0.298. The molecular formula is C28H44N2O7. The molecule has 0 aromatic carbocycles. The third-order valence-corrected chi connectivity index (χ3v) is 6.77. The number of alkyl carbamates (subject to hydrolysis) is 1. The van der Waals surface area contributed by atoms with Crippen molar-refractivity contribution in [3.05, 3.63) is 36.0 Å². The molecule has 3 aliphatic rings. The second kappa shape index (κ2) is 13.6. The third kappa shape index (κ3) is 10.6. The van der Waals surface area contributed by atoms with E-state index < -0.39 is 12.2 Å². The van der Waals surface area contributed by atoms with Crippen molar-refractivity contribution in [3.63, 3.8) is 0 Å². The van der Waals surface area contributed by atoms with Crippen molar-refractivity contribution in [2.75, 3.05) is 33.5 Å². The lowest BCUT2D eigenvalue weighted by atomic mass is 9.82. The number of rotatable bonds is 11. The van der Waals surface area contributed by atoms with Gasteiger partial charge in [0.05, 0.1) is 37.6 Å². The fourth-order valence-electron chi connectivity index (χ4n) is 4.91. The van der Waals surface area contributed by atoms with Crippen LogP contribution in [0.25, 0.3) is 0 Å². The van der Waals surface area contributed by atoms with Crippen LogP contribution in [-0.4, -0.2) is 75.6 Å². The van der Waals surface area contributed by atoms with Gasteiger partial charge in [0.1, 0.15) is 6.10 Å². The van der Waals surface area contributed by atoms with Crippen molar-refractivity contribution in [2.45, 2.75) is 89.9 Å². The Morgan fingerprint density at radius 3 is 2.57 bits per heavy atom. The van der Waals surface area contributed by atoms with Gasteiger partial charge in [-0.3, -0.25) is 4.79 Å². The Kier molecular flexibility index (Phi) is 10.8. The standard InChI is InChI=1S/C28H44N2O7/c1-20(6-9-23-16-28(12-13-28)19-27(3,4)37-23)7-11-25-34-17-22(18-35-25)30-24(31)10-8-21(2)36-26(32)29-14-15-33-5/h6-10,21-23,25H,11-19H2,1-5H3,(H,29,32)(H,30,31)/b9-6+,10-8-,20-7+/t21-,22-,23+,25+/m0/s1. The highest BCUT2D eigenvalue weighted by Crippen LogP contribution is 2.58. The van der Waals surface area contributed by atoms with Gasteiger partial charge in [0.25, 0.3) is 0 Å². The molecule has 0 unspecified atom stereocenters. The highest BCUT2D eigenvalue weighted by Gasteiger charge is 2.51. The SMILES string of the molecule is COCCNC(=O)O[C@@H](C)/C=C\C(=O)N[C@H]1CO[C@@H](C/C=C(C)/C=C/[C@@H]2CC3(CC3)CC(C)(C)O2)OC1. The average molecular weight is 521 g/mol. The molecule has 2 atom stereocenters. The van der Waals surface area contributed by atoms with E-state index >= 15 is 0 Å². The average Bonchev–Trinajstić information content (AvgIpc) is 3.57. The van der Waals surface area contributed by atoms with Crippen LogP contribution in [0.3, 0.4) is 0 Å². The minimum atomic E-state index is -0.563. The number of carbonyl (C=O) groups is 2.